The molecular weight excluding hydrogens is 311 g/mol. The Balaban J connectivity index is 2.99. The monoisotopic (exact) mass is 330 g/mol. The molecule has 0 N–H and O–H groups in total. The Morgan fingerprint density at radius 1 is 0.950 bits per heavy atom. The fourth-order valence-corrected chi connectivity index (χ4v) is 2.84. The molecule has 0 aliphatic heterocycles. The highest BCUT2D eigenvalue weighted by molar-refractivity contribution is 9.10. The quantitative estimate of drug-likeness (QED) is 0.515. The Labute approximate surface area is 136 Å². The molecule has 0 saturated heterocycles. The summed E-state index contributed by atoms with van der Waals surface area (Å²) in [5.74, 6) is 0.277. The van der Waals surface area contributed by atoms with E-state index in [0.717, 1.165) is 0 Å². The van der Waals surface area contributed by atoms with Gasteiger partial charge in [-0.1, -0.05) is 21.2 Å². The first kappa shape index (κ1) is 17.9. The van der Waals surface area contributed by atoms with Crippen molar-refractivity contribution in [2.75, 3.05) is 6.61 Å². The van der Waals surface area contributed by atoms with E-state index in [0.29, 0.717) is 16.8 Å². The lowest BCUT2D eigenvalue weighted by molar-refractivity contribution is 0.258. The van der Waals surface area contributed by atoms with E-state index in [2.05, 4.69) is 70.9 Å². The van der Waals surface area contributed by atoms with E-state index in [4.69, 9.17) is 4.74 Å². The van der Waals surface area contributed by atoms with Crippen LogP contribution in [0.5, 0.6) is 5.75 Å². The van der Waals surface area contributed by atoms with Crippen LogP contribution in [-0.4, -0.2) is 61.5 Å². The molecular formula is C10H19B7BrFO. The molecule has 0 aliphatic carbocycles. The van der Waals surface area contributed by atoms with Gasteiger partial charge in [-0.15, -0.1) is 10.2 Å². The summed E-state index contributed by atoms with van der Waals surface area (Å²) in [6.07, 6.45) is 0. The zero-order valence-corrected chi connectivity index (χ0v) is 15.2. The van der Waals surface area contributed by atoms with Crippen molar-refractivity contribution in [2.45, 2.75) is 15.5 Å². The van der Waals surface area contributed by atoms with Crippen LogP contribution in [0.15, 0.2) is 22.7 Å². The molecule has 20 heavy (non-hydrogen) atoms. The Morgan fingerprint density at radius 3 is 1.85 bits per heavy atom. The van der Waals surface area contributed by atoms with Crippen molar-refractivity contribution in [3.8, 4) is 5.75 Å². The zero-order chi connectivity index (χ0) is 15.8. The molecule has 0 radical (unpaired) electrons. The topological polar surface area (TPSA) is 9.23 Å². The van der Waals surface area contributed by atoms with Crippen molar-refractivity contribution in [3.05, 3.63) is 28.5 Å². The number of ether oxygens (including phenoxy) is 1. The van der Waals surface area contributed by atoms with Crippen LogP contribution in [0, 0.1) is 5.82 Å². The Kier molecular flexibility index (Phi) is 5.33. The van der Waals surface area contributed by atoms with Gasteiger partial charge >= 0.3 is 0 Å². The molecule has 1 aromatic rings. The highest BCUT2D eigenvalue weighted by atomic mass is 79.9. The highest BCUT2D eigenvalue weighted by Gasteiger charge is 2.45. The van der Waals surface area contributed by atoms with E-state index >= 15 is 0 Å². The maximum atomic E-state index is 13.4. The van der Waals surface area contributed by atoms with Gasteiger partial charge in [0.05, 0.1) is 53.7 Å². The number of hydrogen-bond donors (Lipinski definition) is 0. The summed E-state index contributed by atoms with van der Waals surface area (Å²) in [5.41, 5.74) is 0. The Hall–Kier alpha value is -0.115. The van der Waals surface area contributed by atoms with Crippen LogP contribution in [0.2, 0.25) is 15.5 Å². The van der Waals surface area contributed by atoms with Gasteiger partial charge in [0.25, 0.3) is 0 Å². The molecule has 10 heteroatoms. The van der Waals surface area contributed by atoms with Crippen molar-refractivity contribution < 1.29 is 9.13 Å². The average Bonchev–Trinajstić information content (AvgIpc) is 2.21. The molecule has 1 rings (SSSR count). The lowest BCUT2D eigenvalue weighted by Crippen LogP contribution is -2.47. The summed E-state index contributed by atoms with van der Waals surface area (Å²) < 4.78 is 20.0. The second-order valence-electron chi connectivity index (χ2n) is 7.73. The van der Waals surface area contributed by atoms with Gasteiger partial charge in [0.2, 0.25) is 0 Å². The number of halogens is 2. The molecule has 1 aromatic carbocycles. The van der Waals surface area contributed by atoms with E-state index in [1.807, 2.05) is 0 Å². The van der Waals surface area contributed by atoms with E-state index in [1.165, 1.54) is 12.1 Å². The zero-order valence-electron chi connectivity index (χ0n) is 13.6. The molecule has 0 fully saturated rings. The maximum Gasteiger partial charge on any atom is 0.128 e. The fourth-order valence-electron chi connectivity index (χ4n) is 2.40. The van der Waals surface area contributed by atoms with E-state index < -0.39 is 0 Å². The number of rotatable bonds is 5. The second-order valence-corrected chi connectivity index (χ2v) is 8.64. The summed E-state index contributed by atoms with van der Waals surface area (Å²) in [5, 5.41) is 0.115. The normalized spacial score (nSPS) is 13.1. The van der Waals surface area contributed by atoms with Crippen molar-refractivity contribution in [1.82, 2.24) is 0 Å². The molecule has 100 valence electrons. The predicted octanol–water partition coefficient (Wildman–Crippen LogP) is -3.30. The molecule has 0 aliphatic rings. The minimum absolute atomic E-state index is 0.0429. The third kappa shape index (κ3) is 3.96. The minimum Gasteiger partial charge on any atom is -0.494 e. The summed E-state index contributed by atoms with van der Waals surface area (Å²) in [6, 6.07) is 4.66. The largest absolute Gasteiger partial charge is 0.494 e. The van der Waals surface area contributed by atoms with Gasteiger partial charge in [0.15, 0.2) is 0 Å². The SMILES string of the molecule is BC(B)(B)C(B)(COc1cc(F)cc(Br)c1)C(B)(B)B. The van der Waals surface area contributed by atoms with Gasteiger partial charge < -0.3 is 4.74 Å². The van der Waals surface area contributed by atoms with Crippen LogP contribution in [0.25, 0.3) is 0 Å². The third-order valence-electron chi connectivity index (χ3n) is 4.67. The Bertz CT molecular complexity index is 451. The van der Waals surface area contributed by atoms with Gasteiger partial charge in [-0.25, -0.2) is 4.39 Å². The van der Waals surface area contributed by atoms with Gasteiger partial charge in [-0.2, -0.15) is 0 Å². The van der Waals surface area contributed by atoms with Crippen LogP contribution >= 0.6 is 15.9 Å². The smallest absolute Gasteiger partial charge is 0.128 e. The standard InChI is InChI=1S/C10H19B7BrFO/c11-8(9(12,13)14,10(15,16)17)4-20-7-2-5(18)1-6(19)3-7/h1-3H,4,11-17H2. The molecule has 0 heterocycles. The molecule has 1 nitrogen and oxygen atoms in total. The van der Waals surface area contributed by atoms with Crippen molar-refractivity contribution in [2.24, 2.45) is 0 Å². The molecule has 0 aromatic heterocycles. The molecule has 0 bridgehead atoms. The van der Waals surface area contributed by atoms with Gasteiger partial charge in [0.1, 0.15) is 19.4 Å². The van der Waals surface area contributed by atoms with Crippen molar-refractivity contribution >= 4 is 70.9 Å². The molecule has 0 spiro atoms. The van der Waals surface area contributed by atoms with Crippen molar-refractivity contribution in [3.63, 3.8) is 0 Å². The molecule has 0 atom stereocenters. The van der Waals surface area contributed by atoms with Crippen LogP contribution in [-0.2, 0) is 0 Å². The first-order chi connectivity index (χ1) is 8.87. The lowest BCUT2D eigenvalue weighted by Gasteiger charge is -2.52. The van der Waals surface area contributed by atoms with Crippen LogP contribution in [0.1, 0.15) is 0 Å². The van der Waals surface area contributed by atoms with Crippen LogP contribution in [0.3, 0.4) is 0 Å². The van der Waals surface area contributed by atoms with Crippen LogP contribution in [0.4, 0.5) is 4.39 Å². The summed E-state index contributed by atoms with van der Waals surface area (Å²) in [4.78, 5) is 0. The average molecular weight is 330 g/mol. The summed E-state index contributed by atoms with van der Waals surface area (Å²) in [6.45, 7) is 0.551. The molecule has 0 unspecified atom stereocenters. The van der Waals surface area contributed by atoms with Gasteiger partial charge in [0, 0.05) is 10.5 Å². The Morgan fingerprint density at radius 2 is 1.45 bits per heavy atom. The lowest BCUT2D eigenvalue weighted by atomic mass is 9.15. The first-order valence-corrected chi connectivity index (χ1v) is 7.75. The highest BCUT2D eigenvalue weighted by Crippen LogP contribution is 2.55. The second kappa shape index (κ2) is 5.94. The third-order valence-corrected chi connectivity index (χ3v) is 5.13. The van der Waals surface area contributed by atoms with Gasteiger partial charge in [-0.3, -0.25) is 0 Å². The van der Waals surface area contributed by atoms with Gasteiger partial charge in [-0.05, 0) is 12.1 Å². The number of hydrogen-bond acceptors (Lipinski definition) is 1. The van der Waals surface area contributed by atoms with Crippen LogP contribution < -0.4 is 4.74 Å². The van der Waals surface area contributed by atoms with E-state index in [1.54, 1.807) is 6.07 Å². The first-order valence-electron chi connectivity index (χ1n) is 6.96. The van der Waals surface area contributed by atoms with Crippen molar-refractivity contribution in [1.29, 1.82) is 0 Å². The summed E-state index contributed by atoms with van der Waals surface area (Å²) in [7, 11) is 15.6. The maximum absolute atomic E-state index is 13.4. The molecule has 0 saturated carbocycles. The fraction of sp³-hybridized carbons (Fsp3) is 0.400. The van der Waals surface area contributed by atoms with E-state index in [9.17, 15) is 4.39 Å². The molecule has 0 amide bonds. The summed E-state index contributed by atoms with van der Waals surface area (Å²) >= 11 is 3.29. The number of benzene rings is 1. The van der Waals surface area contributed by atoms with E-state index in [-0.39, 0.29) is 21.4 Å². The minimum atomic E-state index is -0.289. The predicted molar refractivity (Wildman–Crippen MR) is 107 cm³/mol.